The highest BCUT2D eigenvalue weighted by Crippen LogP contribution is 2.26. The number of carbonyl (C=O) groups is 1. The summed E-state index contributed by atoms with van der Waals surface area (Å²) in [5, 5.41) is 13.1. The lowest BCUT2D eigenvalue weighted by atomic mass is 10.1. The molecule has 18 heavy (non-hydrogen) atoms. The van der Waals surface area contributed by atoms with Crippen LogP contribution in [0.5, 0.6) is 5.75 Å². The standard InChI is InChI=1S/C14H20N2O2/c1-10-5-3-7-12(13(10)17)14(18)16-8-4-6-11(16)9-15-2/h3,5,7,11,15,17H,4,6,8-9H2,1-2H3. The molecule has 0 aromatic heterocycles. The number of aromatic hydroxyl groups is 1. The summed E-state index contributed by atoms with van der Waals surface area (Å²) >= 11 is 0. The number of phenols is 1. The van der Waals surface area contributed by atoms with Gasteiger partial charge < -0.3 is 15.3 Å². The topological polar surface area (TPSA) is 52.6 Å². The van der Waals surface area contributed by atoms with Crippen molar-refractivity contribution in [3.8, 4) is 5.75 Å². The van der Waals surface area contributed by atoms with Crippen molar-refractivity contribution >= 4 is 5.91 Å². The normalized spacial score (nSPS) is 19.2. The van der Waals surface area contributed by atoms with Crippen molar-refractivity contribution in [1.82, 2.24) is 10.2 Å². The zero-order valence-corrected chi connectivity index (χ0v) is 10.9. The van der Waals surface area contributed by atoms with Crippen molar-refractivity contribution < 1.29 is 9.90 Å². The second-order valence-corrected chi connectivity index (χ2v) is 4.82. The number of likely N-dealkylation sites (tertiary alicyclic amines) is 1. The van der Waals surface area contributed by atoms with Gasteiger partial charge in [0.2, 0.25) is 0 Å². The van der Waals surface area contributed by atoms with Gasteiger partial charge in [0.05, 0.1) is 5.56 Å². The molecule has 4 heteroatoms. The van der Waals surface area contributed by atoms with Crippen LogP contribution in [0, 0.1) is 6.92 Å². The van der Waals surface area contributed by atoms with Crippen LogP contribution in [-0.2, 0) is 0 Å². The van der Waals surface area contributed by atoms with E-state index in [0.717, 1.165) is 31.5 Å². The van der Waals surface area contributed by atoms with Gasteiger partial charge in [0.25, 0.3) is 5.91 Å². The monoisotopic (exact) mass is 248 g/mol. The Morgan fingerprint density at radius 1 is 1.56 bits per heavy atom. The highest BCUT2D eigenvalue weighted by Gasteiger charge is 2.30. The van der Waals surface area contributed by atoms with Gasteiger partial charge >= 0.3 is 0 Å². The van der Waals surface area contributed by atoms with E-state index in [0.29, 0.717) is 5.56 Å². The SMILES string of the molecule is CNCC1CCCN1C(=O)c1cccc(C)c1O. The van der Waals surface area contributed by atoms with E-state index in [2.05, 4.69) is 5.32 Å². The first-order valence-electron chi connectivity index (χ1n) is 6.39. The molecular weight excluding hydrogens is 228 g/mol. The molecule has 1 aliphatic heterocycles. The third-order valence-electron chi connectivity index (χ3n) is 3.55. The first-order valence-corrected chi connectivity index (χ1v) is 6.39. The van der Waals surface area contributed by atoms with E-state index in [-0.39, 0.29) is 17.7 Å². The van der Waals surface area contributed by atoms with Crippen molar-refractivity contribution in [2.45, 2.75) is 25.8 Å². The quantitative estimate of drug-likeness (QED) is 0.853. The number of likely N-dealkylation sites (N-methyl/N-ethyl adjacent to an activating group) is 1. The summed E-state index contributed by atoms with van der Waals surface area (Å²) in [6, 6.07) is 5.55. The number of hydrogen-bond donors (Lipinski definition) is 2. The number of benzene rings is 1. The van der Waals surface area contributed by atoms with Crippen molar-refractivity contribution in [2.75, 3.05) is 20.1 Å². The number of nitrogens with zero attached hydrogens (tertiary/aromatic N) is 1. The summed E-state index contributed by atoms with van der Waals surface area (Å²) in [5.41, 5.74) is 1.16. The highest BCUT2D eigenvalue weighted by molar-refractivity contribution is 5.97. The summed E-state index contributed by atoms with van der Waals surface area (Å²) in [5.74, 6) is 0.0477. The second kappa shape index (κ2) is 5.40. The minimum absolute atomic E-state index is 0.0612. The smallest absolute Gasteiger partial charge is 0.257 e. The molecule has 1 aliphatic rings. The Morgan fingerprint density at radius 2 is 2.33 bits per heavy atom. The van der Waals surface area contributed by atoms with E-state index in [1.165, 1.54) is 0 Å². The highest BCUT2D eigenvalue weighted by atomic mass is 16.3. The Labute approximate surface area is 108 Å². The Balaban J connectivity index is 2.23. The summed E-state index contributed by atoms with van der Waals surface area (Å²) in [4.78, 5) is 14.3. The molecule has 1 heterocycles. The molecule has 2 rings (SSSR count). The summed E-state index contributed by atoms with van der Waals surface area (Å²) in [6.07, 6.45) is 2.06. The number of aryl methyl sites for hydroxylation is 1. The van der Waals surface area contributed by atoms with E-state index >= 15 is 0 Å². The molecule has 1 aromatic rings. The zero-order chi connectivity index (χ0) is 13.1. The van der Waals surface area contributed by atoms with Crippen molar-refractivity contribution in [2.24, 2.45) is 0 Å². The van der Waals surface area contributed by atoms with E-state index in [1.54, 1.807) is 19.1 Å². The van der Waals surface area contributed by atoms with Crippen LogP contribution in [0.1, 0.15) is 28.8 Å². The fraction of sp³-hybridized carbons (Fsp3) is 0.500. The molecule has 1 unspecified atom stereocenters. The number of amides is 1. The average molecular weight is 248 g/mol. The minimum atomic E-state index is -0.0612. The predicted octanol–water partition coefficient (Wildman–Crippen LogP) is 1.52. The van der Waals surface area contributed by atoms with E-state index < -0.39 is 0 Å². The van der Waals surface area contributed by atoms with Crippen molar-refractivity contribution in [1.29, 1.82) is 0 Å². The van der Waals surface area contributed by atoms with E-state index in [9.17, 15) is 9.90 Å². The predicted molar refractivity (Wildman–Crippen MR) is 70.8 cm³/mol. The molecule has 1 atom stereocenters. The number of carbonyl (C=O) groups excluding carboxylic acids is 1. The van der Waals surface area contributed by atoms with Gasteiger partial charge in [0, 0.05) is 19.1 Å². The molecule has 98 valence electrons. The van der Waals surface area contributed by atoms with Gasteiger partial charge in [-0.25, -0.2) is 0 Å². The molecule has 1 fully saturated rings. The maximum atomic E-state index is 12.4. The van der Waals surface area contributed by atoms with Gasteiger partial charge in [-0.15, -0.1) is 0 Å². The largest absolute Gasteiger partial charge is 0.507 e. The number of para-hydroxylation sites is 1. The molecule has 0 spiro atoms. The summed E-state index contributed by atoms with van der Waals surface area (Å²) in [7, 11) is 1.89. The van der Waals surface area contributed by atoms with Gasteiger partial charge in [0.15, 0.2) is 0 Å². The first-order chi connectivity index (χ1) is 8.65. The van der Waals surface area contributed by atoms with Gasteiger partial charge in [0.1, 0.15) is 5.75 Å². The van der Waals surface area contributed by atoms with Crippen LogP contribution >= 0.6 is 0 Å². The molecule has 4 nitrogen and oxygen atoms in total. The molecule has 1 saturated heterocycles. The molecule has 1 amide bonds. The van der Waals surface area contributed by atoms with Gasteiger partial charge in [-0.3, -0.25) is 4.79 Å². The van der Waals surface area contributed by atoms with Crippen LogP contribution in [0.25, 0.3) is 0 Å². The van der Waals surface area contributed by atoms with Crippen LogP contribution in [0.3, 0.4) is 0 Å². The summed E-state index contributed by atoms with van der Waals surface area (Å²) in [6.45, 7) is 3.39. The van der Waals surface area contributed by atoms with Crippen molar-refractivity contribution in [3.05, 3.63) is 29.3 Å². The minimum Gasteiger partial charge on any atom is -0.507 e. The molecule has 1 aromatic carbocycles. The Hall–Kier alpha value is -1.55. The number of hydrogen-bond acceptors (Lipinski definition) is 3. The van der Waals surface area contributed by atoms with Crippen LogP contribution < -0.4 is 5.32 Å². The molecule has 0 bridgehead atoms. The lowest BCUT2D eigenvalue weighted by molar-refractivity contribution is 0.0734. The molecule has 0 saturated carbocycles. The average Bonchev–Trinajstić information content (AvgIpc) is 2.80. The van der Waals surface area contributed by atoms with Crippen LogP contribution in [-0.4, -0.2) is 42.1 Å². The second-order valence-electron chi connectivity index (χ2n) is 4.82. The maximum Gasteiger partial charge on any atom is 0.257 e. The fourth-order valence-electron chi connectivity index (χ4n) is 2.54. The Bertz CT molecular complexity index is 445. The van der Waals surface area contributed by atoms with Crippen LogP contribution in [0.15, 0.2) is 18.2 Å². The van der Waals surface area contributed by atoms with Gasteiger partial charge in [-0.2, -0.15) is 0 Å². The number of rotatable bonds is 3. The molecule has 0 radical (unpaired) electrons. The number of phenolic OH excluding ortho intramolecular Hbond substituents is 1. The Morgan fingerprint density at radius 3 is 3.06 bits per heavy atom. The lowest BCUT2D eigenvalue weighted by Crippen LogP contribution is -2.40. The van der Waals surface area contributed by atoms with Gasteiger partial charge in [-0.05, 0) is 38.4 Å². The molecule has 0 aliphatic carbocycles. The van der Waals surface area contributed by atoms with Gasteiger partial charge in [-0.1, -0.05) is 12.1 Å². The summed E-state index contributed by atoms with van der Waals surface area (Å²) < 4.78 is 0. The maximum absolute atomic E-state index is 12.4. The third-order valence-corrected chi connectivity index (χ3v) is 3.55. The van der Waals surface area contributed by atoms with Crippen molar-refractivity contribution in [3.63, 3.8) is 0 Å². The van der Waals surface area contributed by atoms with E-state index in [1.807, 2.05) is 18.0 Å². The zero-order valence-electron chi connectivity index (χ0n) is 10.9. The first kappa shape index (κ1) is 12.9. The number of nitrogens with one attached hydrogen (secondary N) is 1. The lowest BCUT2D eigenvalue weighted by Gasteiger charge is -2.25. The van der Waals surface area contributed by atoms with Crippen LogP contribution in [0.4, 0.5) is 0 Å². The third kappa shape index (κ3) is 2.34. The fourth-order valence-corrected chi connectivity index (χ4v) is 2.54. The Kier molecular flexibility index (Phi) is 3.87. The van der Waals surface area contributed by atoms with E-state index in [4.69, 9.17) is 0 Å². The van der Waals surface area contributed by atoms with Crippen LogP contribution in [0.2, 0.25) is 0 Å². The molecule has 2 N–H and O–H groups in total. The molecular formula is C14H20N2O2.